The molecule has 0 spiro atoms. The molecular formula is C18H23NO4. The molecule has 3 fully saturated rings. The molecule has 2 amide bonds. The zero-order valence-corrected chi connectivity index (χ0v) is 13.2. The zero-order chi connectivity index (χ0) is 16.1. The van der Waals surface area contributed by atoms with Gasteiger partial charge in [0.25, 0.3) is 0 Å². The maximum atomic E-state index is 13.0. The number of imide groups is 1. The third kappa shape index (κ3) is 2.20. The maximum Gasteiger partial charge on any atom is 0.233 e. The highest BCUT2D eigenvalue weighted by molar-refractivity contribution is 6.06. The minimum Gasteiger partial charge on any atom is -0.389 e. The summed E-state index contributed by atoms with van der Waals surface area (Å²) in [6, 6.07) is 0.0276. The van der Waals surface area contributed by atoms with Gasteiger partial charge in [0, 0.05) is 17.9 Å². The van der Waals surface area contributed by atoms with Gasteiger partial charge < -0.3 is 5.11 Å². The molecule has 1 heterocycles. The number of ketones is 1. The van der Waals surface area contributed by atoms with Crippen LogP contribution in [0, 0.1) is 23.7 Å². The third-order valence-electron chi connectivity index (χ3n) is 6.34. The number of fused-ring (bicyclic) bond motifs is 3. The largest absolute Gasteiger partial charge is 0.389 e. The summed E-state index contributed by atoms with van der Waals surface area (Å²) in [7, 11) is 0. The molecule has 124 valence electrons. The van der Waals surface area contributed by atoms with E-state index >= 15 is 0 Å². The topological polar surface area (TPSA) is 74.7 Å². The predicted octanol–water partition coefficient (Wildman–Crippen LogP) is 1.45. The summed E-state index contributed by atoms with van der Waals surface area (Å²) in [4.78, 5) is 39.5. The van der Waals surface area contributed by atoms with E-state index in [9.17, 15) is 19.5 Å². The number of aliphatic hydroxyl groups is 1. The minimum absolute atomic E-state index is 0.00452. The number of nitrogens with zero attached hydrogens (tertiary/aromatic N) is 1. The van der Waals surface area contributed by atoms with E-state index in [-0.39, 0.29) is 35.5 Å². The average molecular weight is 317 g/mol. The molecule has 1 N–H and O–H groups in total. The van der Waals surface area contributed by atoms with Crippen molar-refractivity contribution in [3.8, 4) is 0 Å². The van der Waals surface area contributed by atoms with Crippen LogP contribution in [0.1, 0.15) is 44.9 Å². The molecule has 0 bridgehead atoms. The Hall–Kier alpha value is -1.49. The number of carbonyl (C=O) groups excluding carboxylic acids is 3. The van der Waals surface area contributed by atoms with Crippen molar-refractivity contribution in [2.45, 2.75) is 57.1 Å². The molecule has 3 aliphatic carbocycles. The van der Waals surface area contributed by atoms with E-state index in [0.29, 0.717) is 12.8 Å². The van der Waals surface area contributed by atoms with Gasteiger partial charge in [-0.1, -0.05) is 25.3 Å². The smallest absolute Gasteiger partial charge is 0.233 e. The monoisotopic (exact) mass is 317 g/mol. The average Bonchev–Trinajstić information content (AvgIpc) is 2.83. The van der Waals surface area contributed by atoms with Crippen LogP contribution >= 0.6 is 0 Å². The highest BCUT2D eigenvalue weighted by atomic mass is 16.3. The van der Waals surface area contributed by atoms with E-state index in [0.717, 1.165) is 25.7 Å². The standard InChI is InChI=1S/C18H23NO4/c20-13-8-9-14(21)15-11(13)6-7-12-16(15)18(23)19(17(12)22)10-4-2-1-3-5-10/h8-12,14-16,21H,1-7H2/t11-,12+,14+,15+,16+/m0/s1. The van der Waals surface area contributed by atoms with Crippen molar-refractivity contribution >= 4 is 17.6 Å². The number of hydrogen-bond donors (Lipinski definition) is 1. The Labute approximate surface area is 135 Å². The first kappa shape index (κ1) is 15.1. The lowest BCUT2D eigenvalue weighted by atomic mass is 9.62. The molecule has 0 unspecified atom stereocenters. The van der Waals surface area contributed by atoms with Gasteiger partial charge in [0.15, 0.2) is 5.78 Å². The molecule has 5 nitrogen and oxygen atoms in total. The molecule has 2 saturated carbocycles. The van der Waals surface area contributed by atoms with Crippen LogP contribution in [0.4, 0.5) is 0 Å². The van der Waals surface area contributed by atoms with E-state index in [2.05, 4.69) is 0 Å². The molecule has 4 rings (SSSR count). The van der Waals surface area contributed by atoms with E-state index < -0.39 is 17.9 Å². The Bertz CT molecular complexity index is 578. The van der Waals surface area contributed by atoms with Gasteiger partial charge in [0.05, 0.1) is 17.9 Å². The number of aliphatic hydroxyl groups excluding tert-OH is 1. The Balaban J connectivity index is 1.65. The number of amides is 2. The van der Waals surface area contributed by atoms with Crippen molar-refractivity contribution in [1.29, 1.82) is 0 Å². The summed E-state index contributed by atoms with van der Waals surface area (Å²) in [6.45, 7) is 0. The molecule has 0 aromatic carbocycles. The molecule has 0 radical (unpaired) electrons. The Kier molecular flexibility index (Phi) is 3.63. The zero-order valence-electron chi connectivity index (χ0n) is 13.2. The quantitative estimate of drug-likeness (QED) is 0.743. The Morgan fingerprint density at radius 2 is 1.61 bits per heavy atom. The van der Waals surface area contributed by atoms with E-state index in [1.54, 1.807) is 0 Å². The molecule has 1 saturated heterocycles. The van der Waals surface area contributed by atoms with Gasteiger partial charge in [0.1, 0.15) is 0 Å². The highest BCUT2D eigenvalue weighted by Gasteiger charge is 2.58. The SMILES string of the molecule is O=C1C=C[C@@H](O)[C@@H]2[C@@H]3C(=O)N(C4CCCCC4)C(=O)[C@@H]3CC[C@@H]12. The summed E-state index contributed by atoms with van der Waals surface area (Å²) >= 11 is 0. The predicted molar refractivity (Wildman–Crippen MR) is 82.1 cm³/mol. The van der Waals surface area contributed by atoms with Crippen LogP contribution in [0.3, 0.4) is 0 Å². The summed E-state index contributed by atoms with van der Waals surface area (Å²) in [6.07, 6.45) is 8.41. The van der Waals surface area contributed by atoms with Crippen molar-refractivity contribution in [1.82, 2.24) is 4.90 Å². The summed E-state index contributed by atoms with van der Waals surface area (Å²) in [5.74, 6) is -1.76. The molecule has 0 aromatic heterocycles. The second-order valence-electron chi connectivity index (χ2n) is 7.48. The lowest BCUT2D eigenvalue weighted by Crippen LogP contribution is -2.47. The van der Waals surface area contributed by atoms with Crippen LogP contribution in [0.15, 0.2) is 12.2 Å². The fourth-order valence-corrected chi connectivity index (χ4v) is 5.24. The third-order valence-corrected chi connectivity index (χ3v) is 6.34. The van der Waals surface area contributed by atoms with Gasteiger partial charge in [-0.3, -0.25) is 19.3 Å². The van der Waals surface area contributed by atoms with Crippen molar-refractivity contribution in [2.24, 2.45) is 23.7 Å². The summed E-state index contributed by atoms with van der Waals surface area (Å²) in [5.41, 5.74) is 0. The normalized spacial score (nSPS) is 41.2. The molecule has 0 aromatic rings. The van der Waals surface area contributed by atoms with Crippen LogP contribution in [0.2, 0.25) is 0 Å². The van der Waals surface area contributed by atoms with Crippen LogP contribution in [0.25, 0.3) is 0 Å². The maximum absolute atomic E-state index is 13.0. The minimum atomic E-state index is -0.798. The van der Waals surface area contributed by atoms with Gasteiger partial charge in [-0.2, -0.15) is 0 Å². The first-order valence-electron chi connectivity index (χ1n) is 8.86. The van der Waals surface area contributed by atoms with E-state index in [1.807, 2.05) is 0 Å². The van der Waals surface area contributed by atoms with Gasteiger partial charge in [-0.25, -0.2) is 0 Å². The molecule has 23 heavy (non-hydrogen) atoms. The summed E-state index contributed by atoms with van der Waals surface area (Å²) < 4.78 is 0. The first-order chi connectivity index (χ1) is 11.1. The van der Waals surface area contributed by atoms with Crippen LogP contribution < -0.4 is 0 Å². The number of allylic oxidation sites excluding steroid dienone is 1. The fraction of sp³-hybridized carbons (Fsp3) is 0.722. The first-order valence-corrected chi connectivity index (χ1v) is 8.86. The molecular weight excluding hydrogens is 294 g/mol. The van der Waals surface area contributed by atoms with Gasteiger partial charge >= 0.3 is 0 Å². The molecule has 5 heteroatoms. The second-order valence-corrected chi connectivity index (χ2v) is 7.48. The molecule has 5 atom stereocenters. The Morgan fingerprint density at radius 1 is 0.913 bits per heavy atom. The van der Waals surface area contributed by atoms with E-state index in [1.165, 1.54) is 23.5 Å². The number of likely N-dealkylation sites (tertiary alicyclic amines) is 1. The molecule has 1 aliphatic heterocycles. The Morgan fingerprint density at radius 3 is 2.35 bits per heavy atom. The number of rotatable bonds is 1. The van der Waals surface area contributed by atoms with Crippen molar-refractivity contribution < 1.29 is 19.5 Å². The van der Waals surface area contributed by atoms with E-state index in [4.69, 9.17) is 0 Å². The molecule has 4 aliphatic rings. The van der Waals surface area contributed by atoms with Crippen LogP contribution in [0.5, 0.6) is 0 Å². The lowest BCUT2D eigenvalue weighted by Gasteiger charge is -2.40. The fourth-order valence-electron chi connectivity index (χ4n) is 5.24. The number of hydrogen-bond acceptors (Lipinski definition) is 4. The second kappa shape index (κ2) is 5.55. The number of carbonyl (C=O) groups is 3. The van der Waals surface area contributed by atoms with Crippen molar-refractivity contribution in [2.75, 3.05) is 0 Å². The van der Waals surface area contributed by atoms with Gasteiger partial charge in [-0.15, -0.1) is 0 Å². The van der Waals surface area contributed by atoms with Crippen molar-refractivity contribution in [3.63, 3.8) is 0 Å². The highest BCUT2D eigenvalue weighted by Crippen LogP contribution is 2.49. The van der Waals surface area contributed by atoms with Crippen LogP contribution in [-0.2, 0) is 14.4 Å². The van der Waals surface area contributed by atoms with Crippen molar-refractivity contribution in [3.05, 3.63) is 12.2 Å². The summed E-state index contributed by atoms with van der Waals surface area (Å²) in [5, 5.41) is 10.3. The van der Waals surface area contributed by atoms with Crippen LogP contribution in [-0.4, -0.2) is 39.7 Å². The lowest BCUT2D eigenvalue weighted by molar-refractivity contribution is -0.144. The van der Waals surface area contributed by atoms with Gasteiger partial charge in [-0.05, 0) is 31.8 Å². The van der Waals surface area contributed by atoms with Gasteiger partial charge in [0.2, 0.25) is 11.8 Å².